The molecule has 1 aromatic rings. The van der Waals surface area contributed by atoms with Crippen LogP contribution in [0.15, 0.2) is 18.2 Å². The van der Waals surface area contributed by atoms with E-state index in [1.807, 2.05) is 6.92 Å². The van der Waals surface area contributed by atoms with Crippen LogP contribution in [0.1, 0.15) is 63.5 Å². The van der Waals surface area contributed by atoms with E-state index in [1.54, 1.807) is 0 Å². The molecule has 3 atom stereocenters. The molecule has 3 aliphatic rings. The van der Waals surface area contributed by atoms with Crippen molar-refractivity contribution in [1.82, 2.24) is 0 Å². The monoisotopic (exact) mass is 315 g/mol. The lowest BCUT2D eigenvalue weighted by Crippen LogP contribution is -2.40. The lowest BCUT2D eigenvalue weighted by Gasteiger charge is -2.44. The summed E-state index contributed by atoms with van der Waals surface area (Å²) in [6.07, 6.45) is 10.2. The Morgan fingerprint density at radius 1 is 1.09 bits per heavy atom. The van der Waals surface area contributed by atoms with Gasteiger partial charge < -0.3 is 14.8 Å². The van der Waals surface area contributed by atoms with Gasteiger partial charge in [-0.15, -0.1) is 0 Å². The van der Waals surface area contributed by atoms with E-state index >= 15 is 0 Å². The minimum atomic E-state index is 0.257. The van der Waals surface area contributed by atoms with E-state index in [2.05, 4.69) is 23.5 Å². The van der Waals surface area contributed by atoms with Crippen molar-refractivity contribution in [2.75, 3.05) is 18.5 Å². The highest BCUT2D eigenvalue weighted by atomic mass is 16.5. The van der Waals surface area contributed by atoms with E-state index in [0.29, 0.717) is 18.6 Å². The fourth-order valence-electron chi connectivity index (χ4n) is 4.72. The lowest BCUT2D eigenvalue weighted by molar-refractivity contribution is -0.113. The maximum absolute atomic E-state index is 6.69. The van der Waals surface area contributed by atoms with Gasteiger partial charge in [0.1, 0.15) is 5.75 Å². The third-order valence-corrected chi connectivity index (χ3v) is 5.94. The summed E-state index contributed by atoms with van der Waals surface area (Å²) in [7, 11) is 0. The first-order valence-corrected chi connectivity index (χ1v) is 9.51. The molecule has 1 saturated carbocycles. The molecule has 1 aliphatic carbocycles. The molecule has 126 valence electrons. The van der Waals surface area contributed by atoms with Gasteiger partial charge in [0, 0.05) is 23.7 Å². The van der Waals surface area contributed by atoms with Crippen LogP contribution in [-0.4, -0.2) is 19.3 Å². The van der Waals surface area contributed by atoms with Crippen molar-refractivity contribution in [3.05, 3.63) is 23.8 Å². The number of ether oxygens (including phenoxy) is 2. The van der Waals surface area contributed by atoms with Gasteiger partial charge in [-0.3, -0.25) is 0 Å². The van der Waals surface area contributed by atoms with Gasteiger partial charge >= 0.3 is 0 Å². The second-order valence-corrected chi connectivity index (χ2v) is 7.39. The van der Waals surface area contributed by atoms with Gasteiger partial charge in [-0.25, -0.2) is 0 Å². The number of rotatable bonds is 3. The van der Waals surface area contributed by atoms with Crippen LogP contribution in [0.2, 0.25) is 0 Å². The third kappa shape index (κ3) is 3.08. The number of fused-ring (bicyclic) bond motifs is 3. The largest absolute Gasteiger partial charge is 0.494 e. The Bertz CT molecular complexity index is 538. The fraction of sp³-hybridized carbons (Fsp3) is 0.700. The van der Waals surface area contributed by atoms with Crippen molar-refractivity contribution in [2.24, 2.45) is 11.8 Å². The molecule has 0 amide bonds. The highest BCUT2D eigenvalue weighted by Crippen LogP contribution is 2.46. The molecule has 2 fully saturated rings. The van der Waals surface area contributed by atoms with Crippen LogP contribution in [0.3, 0.4) is 0 Å². The minimum absolute atomic E-state index is 0.257. The van der Waals surface area contributed by atoms with Crippen molar-refractivity contribution in [2.45, 2.75) is 64.1 Å². The van der Waals surface area contributed by atoms with Crippen LogP contribution >= 0.6 is 0 Å². The topological polar surface area (TPSA) is 30.5 Å². The Balaban J connectivity index is 1.55. The molecule has 0 spiro atoms. The van der Waals surface area contributed by atoms with E-state index in [-0.39, 0.29) is 6.10 Å². The van der Waals surface area contributed by atoms with Crippen LogP contribution in [0.4, 0.5) is 5.69 Å². The molecule has 1 aromatic carbocycles. The van der Waals surface area contributed by atoms with Crippen molar-refractivity contribution in [1.29, 1.82) is 0 Å². The van der Waals surface area contributed by atoms with Gasteiger partial charge in [0.25, 0.3) is 0 Å². The molecular weight excluding hydrogens is 286 g/mol. The summed E-state index contributed by atoms with van der Waals surface area (Å²) in [4.78, 5) is 0. The SMILES string of the molecule is CCOc1ccc2c(c1)C1OC(C3CCCCC3)CCC1CN2. The summed E-state index contributed by atoms with van der Waals surface area (Å²) in [6.45, 7) is 3.80. The zero-order valence-electron chi connectivity index (χ0n) is 14.2. The van der Waals surface area contributed by atoms with Gasteiger partial charge in [-0.1, -0.05) is 19.3 Å². The molecule has 0 radical (unpaired) electrons. The molecule has 3 heteroatoms. The predicted octanol–water partition coefficient (Wildman–Crippen LogP) is 4.93. The second-order valence-electron chi connectivity index (χ2n) is 7.39. The highest BCUT2D eigenvalue weighted by molar-refractivity contribution is 5.57. The van der Waals surface area contributed by atoms with Crippen molar-refractivity contribution >= 4 is 5.69 Å². The van der Waals surface area contributed by atoms with Crippen LogP contribution in [0, 0.1) is 11.8 Å². The summed E-state index contributed by atoms with van der Waals surface area (Å²) >= 11 is 0. The van der Waals surface area contributed by atoms with Crippen LogP contribution in [0.5, 0.6) is 5.75 Å². The Morgan fingerprint density at radius 3 is 2.78 bits per heavy atom. The van der Waals surface area contributed by atoms with Crippen molar-refractivity contribution in [3.63, 3.8) is 0 Å². The average molecular weight is 315 g/mol. The Hall–Kier alpha value is -1.22. The van der Waals surface area contributed by atoms with Gasteiger partial charge in [-0.2, -0.15) is 0 Å². The molecule has 0 aromatic heterocycles. The standard InChI is InChI=1S/C20H29NO2/c1-2-22-16-9-10-18-17(12-16)20-15(13-21-18)8-11-19(23-20)14-6-4-3-5-7-14/h9-10,12,14-15,19-21H,2-8,11,13H2,1H3. The summed E-state index contributed by atoms with van der Waals surface area (Å²) in [5.41, 5.74) is 2.55. The molecule has 1 saturated heterocycles. The first-order chi connectivity index (χ1) is 11.3. The zero-order chi connectivity index (χ0) is 15.6. The van der Waals surface area contributed by atoms with Crippen molar-refractivity contribution in [3.8, 4) is 5.75 Å². The zero-order valence-corrected chi connectivity index (χ0v) is 14.2. The lowest BCUT2D eigenvalue weighted by atomic mass is 9.78. The van der Waals surface area contributed by atoms with Gasteiger partial charge in [0.05, 0.1) is 18.8 Å². The maximum Gasteiger partial charge on any atom is 0.119 e. The second kappa shape index (κ2) is 6.72. The Morgan fingerprint density at radius 2 is 1.96 bits per heavy atom. The normalized spacial score (nSPS) is 30.9. The maximum atomic E-state index is 6.69. The van der Waals surface area contributed by atoms with Crippen LogP contribution in [0.25, 0.3) is 0 Å². The van der Waals surface area contributed by atoms with E-state index < -0.39 is 0 Å². The number of anilines is 1. The van der Waals surface area contributed by atoms with Crippen LogP contribution < -0.4 is 10.1 Å². The summed E-state index contributed by atoms with van der Waals surface area (Å²) in [6, 6.07) is 6.42. The van der Waals surface area contributed by atoms with E-state index in [0.717, 1.165) is 18.2 Å². The smallest absolute Gasteiger partial charge is 0.119 e. The van der Waals surface area contributed by atoms with E-state index in [9.17, 15) is 0 Å². The Labute approximate surface area is 139 Å². The van der Waals surface area contributed by atoms with E-state index in [1.165, 1.54) is 56.2 Å². The first kappa shape index (κ1) is 15.3. The van der Waals surface area contributed by atoms with Crippen molar-refractivity contribution < 1.29 is 9.47 Å². The quantitative estimate of drug-likeness (QED) is 0.858. The molecule has 2 heterocycles. The molecule has 1 N–H and O–H groups in total. The number of hydrogen-bond donors (Lipinski definition) is 1. The molecule has 4 rings (SSSR count). The predicted molar refractivity (Wildman–Crippen MR) is 93.0 cm³/mol. The highest BCUT2D eigenvalue weighted by Gasteiger charge is 2.39. The summed E-state index contributed by atoms with van der Waals surface area (Å²) in [5.74, 6) is 2.37. The molecule has 23 heavy (non-hydrogen) atoms. The van der Waals surface area contributed by atoms with Gasteiger partial charge in [-0.05, 0) is 56.7 Å². The molecule has 3 nitrogen and oxygen atoms in total. The fourth-order valence-corrected chi connectivity index (χ4v) is 4.72. The summed E-state index contributed by atoms with van der Waals surface area (Å²) in [5, 5.41) is 3.59. The molecule has 0 bridgehead atoms. The third-order valence-electron chi connectivity index (χ3n) is 5.94. The summed E-state index contributed by atoms with van der Waals surface area (Å²) < 4.78 is 12.4. The number of nitrogens with one attached hydrogen (secondary N) is 1. The molecular formula is C20H29NO2. The van der Waals surface area contributed by atoms with Gasteiger partial charge in [0.15, 0.2) is 0 Å². The van der Waals surface area contributed by atoms with Crippen LogP contribution in [-0.2, 0) is 4.74 Å². The Kier molecular flexibility index (Phi) is 4.48. The average Bonchev–Trinajstić information content (AvgIpc) is 2.62. The minimum Gasteiger partial charge on any atom is -0.494 e. The number of benzene rings is 1. The van der Waals surface area contributed by atoms with E-state index in [4.69, 9.17) is 9.47 Å². The number of hydrogen-bond acceptors (Lipinski definition) is 3. The molecule has 2 aliphatic heterocycles. The molecule has 3 unspecified atom stereocenters. The first-order valence-electron chi connectivity index (χ1n) is 9.51. The van der Waals surface area contributed by atoms with Gasteiger partial charge in [0.2, 0.25) is 0 Å².